The molecule has 0 radical (unpaired) electrons. The van der Waals surface area contributed by atoms with Gasteiger partial charge in [0, 0.05) is 32.4 Å². The van der Waals surface area contributed by atoms with E-state index in [0.29, 0.717) is 49.7 Å². The average Bonchev–Trinajstić information content (AvgIpc) is 3.32. The fourth-order valence-corrected chi connectivity index (χ4v) is 3.38. The van der Waals surface area contributed by atoms with Crippen LogP contribution in [0.5, 0.6) is 0 Å². The highest BCUT2D eigenvalue weighted by Crippen LogP contribution is 2.16. The van der Waals surface area contributed by atoms with Crippen molar-refractivity contribution in [1.82, 2.24) is 24.6 Å². The van der Waals surface area contributed by atoms with Crippen molar-refractivity contribution in [3.05, 3.63) is 66.0 Å². The first-order chi connectivity index (χ1) is 13.6. The molecule has 4 heterocycles. The molecule has 1 aliphatic rings. The molecule has 8 heteroatoms. The molecule has 0 saturated carbocycles. The molecule has 3 aromatic rings. The van der Waals surface area contributed by atoms with Gasteiger partial charge in [0.1, 0.15) is 0 Å². The number of nitrogens with zero attached hydrogens (tertiary/aromatic N) is 5. The van der Waals surface area contributed by atoms with Crippen molar-refractivity contribution in [3.8, 4) is 5.82 Å². The quantitative estimate of drug-likeness (QED) is 0.696. The number of furan rings is 1. The minimum absolute atomic E-state index is 0.0769. The van der Waals surface area contributed by atoms with Crippen LogP contribution < -0.4 is 0 Å². The molecule has 4 rings (SSSR count). The van der Waals surface area contributed by atoms with Crippen LogP contribution in [-0.2, 0) is 0 Å². The smallest absolute Gasteiger partial charge is 0.289 e. The highest BCUT2D eigenvalue weighted by molar-refractivity contribution is 5.95. The number of rotatable bonds is 3. The largest absolute Gasteiger partial charge is 0.459 e. The maximum Gasteiger partial charge on any atom is 0.289 e. The van der Waals surface area contributed by atoms with E-state index in [-0.39, 0.29) is 11.8 Å². The Balaban J connectivity index is 1.47. The highest BCUT2D eigenvalue weighted by atomic mass is 16.3. The molecule has 144 valence electrons. The van der Waals surface area contributed by atoms with Crippen molar-refractivity contribution >= 4 is 11.8 Å². The summed E-state index contributed by atoms with van der Waals surface area (Å²) in [6.45, 7) is 3.99. The third-order valence-corrected chi connectivity index (χ3v) is 4.91. The van der Waals surface area contributed by atoms with Crippen LogP contribution in [0.25, 0.3) is 5.82 Å². The zero-order valence-corrected chi connectivity index (χ0v) is 15.6. The number of amides is 2. The first kappa shape index (κ1) is 18.0. The molecule has 1 saturated heterocycles. The Bertz CT molecular complexity index is 965. The topological polar surface area (TPSA) is 84.5 Å². The fourth-order valence-electron chi connectivity index (χ4n) is 3.38. The van der Waals surface area contributed by atoms with E-state index >= 15 is 0 Å². The molecular weight excluding hydrogens is 358 g/mol. The van der Waals surface area contributed by atoms with Crippen LogP contribution in [0.15, 0.2) is 53.4 Å². The Labute approximate surface area is 162 Å². The van der Waals surface area contributed by atoms with Crippen LogP contribution in [-0.4, -0.2) is 62.6 Å². The molecule has 2 amide bonds. The molecule has 1 fully saturated rings. The van der Waals surface area contributed by atoms with Gasteiger partial charge in [-0.25, -0.2) is 9.67 Å². The van der Waals surface area contributed by atoms with Crippen molar-refractivity contribution in [2.75, 3.05) is 26.2 Å². The van der Waals surface area contributed by atoms with Crippen LogP contribution >= 0.6 is 0 Å². The van der Waals surface area contributed by atoms with Gasteiger partial charge < -0.3 is 14.2 Å². The van der Waals surface area contributed by atoms with Crippen molar-refractivity contribution in [1.29, 1.82) is 0 Å². The second kappa shape index (κ2) is 7.67. The summed E-state index contributed by atoms with van der Waals surface area (Å²) in [6.07, 6.45) is 5.48. The SMILES string of the molecule is Cc1c(C(=O)N2CCCN(C(=O)c3ccco3)CC2)cnn1-c1ccccn1. The molecule has 0 atom stereocenters. The van der Waals surface area contributed by atoms with E-state index in [9.17, 15) is 9.59 Å². The number of carbonyl (C=O) groups is 2. The van der Waals surface area contributed by atoms with Crippen molar-refractivity contribution in [3.63, 3.8) is 0 Å². The Morgan fingerprint density at radius 2 is 1.79 bits per heavy atom. The molecule has 8 nitrogen and oxygen atoms in total. The summed E-state index contributed by atoms with van der Waals surface area (Å²) in [5.41, 5.74) is 1.30. The van der Waals surface area contributed by atoms with Crippen LogP contribution in [0.3, 0.4) is 0 Å². The predicted molar refractivity (Wildman–Crippen MR) is 101 cm³/mol. The van der Waals surface area contributed by atoms with Gasteiger partial charge in [0.15, 0.2) is 11.6 Å². The van der Waals surface area contributed by atoms with Gasteiger partial charge in [-0.3, -0.25) is 9.59 Å². The zero-order chi connectivity index (χ0) is 19.5. The number of pyridine rings is 1. The van der Waals surface area contributed by atoms with Gasteiger partial charge in [-0.2, -0.15) is 5.10 Å². The summed E-state index contributed by atoms with van der Waals surface area (Å²) in [5, 5.41) is 4.33. The van der Waals surface area contributed by atoms with E-state index < -0.39 is 0 Å². The maximum atomic E-state index is 13.1. The van der Waals surface area contributed by atoms with E-state index in [0.717, 1.165) is 5.69 Å². The summed E-state index contributed by atoms with van der Waals surface area (Å²) in [5.74, 6) is 0.780. The van der Waals surface area contributed by atoms with Crippen LogP contribution in [0.1, 0.15) is 33.0 Å². The van der Waals surface area contributed by atoms with Gasteiger partial charge in [0.05, 0.1) is 23.7 Å². The highest BCUT2D eigenvalue weighted by Gasteiger charge is 2.26. The van der Waals surface area contributed by atoms with Crippen LogP contribution in [0.2, 0.25) is 0 Å². The molecule has 0 aromatic carbocycles. The molecule has 0 aliphatic carbocycles. The Morgan fingerprint density at radius 1 is 1.00 bits per heavy atom. The van der Waals surface area contributed by atoms with Gasteiger partial charge in [0.25, 0.3) is 11.8 Å². The Hall–Kier alpha value is -3.42. The Kier molecular flexibility index (Phi) is 4.92. The lowest BCUT2D eigenvalue weighted by Gasteiger charge is -2.21. The molecule has 1 aliphatic heterocycles. The molecule has 3 aromatic heterocycles. The van der Waals surface area contributed by atoms with E-state index in [1.165, 1.54) is 6.26 Å². The molecule has 0 unspecified atom stereocenters. The third kappa shape index (κ3) is 3.40. The van der Waals surface area contributed by atoms with Crippen LogP contribution in [0.4, 0.5) is 0 Å². The van der Waals surface area contributed by atoms with Crippen LogP contribution in [0, 0.1) is 6.92 Å². The molecular formula is C20H21N5O3. The Morgan fingerprint density at radius 3 is 2.46 bits per heavy atom. The van der Waals surface area contributed by atoms with Gasteiger partial charge in [-0.15, -0.1) is 0 Å². The summed E-state index contributed by atoms with van der Waals surface area (Å²) in [4.78, 5) is 33.3. The maximum absolute atomic E-state index is 13.1. The van der Waals surface area contributed by atoms with Crippen molar-refractivity contribution < 1.29 is 14.0 Å². The second-order valence-electron chi connectivity index (χ2n) is 6.66. The average molecular weight is 379 g/mol. The van der Waals surface area contributed by atoms with Gasteiger partial charge >= 0.3 is 0 Å². The minimum Gasteiger partial charge on any atom is -0.459 e. The van der Waals surface area contributed by atoms with E-state index in [2.05, 4.69) is 10.1 Å². The number of carbonyl (C=O) groups excluding carboxylic acids is 2. The fraction of sp³-hybridized carbons (Fsp3) is 0.300. The molecule has 0 bridgehead atoms. The number of hydrogen-bond acceptors (Lipinski definition) is 5. The lowest BCUT2D eigenvalue weighted by Crippen LogP contribution is -2.37. The van der Waals surface area contributed by atoms with E-state index in [1.807, 2.05) is 25.1 Å². The standard InChI is InChI=1S/C20H21N5O3/c1-15-16(14-22-25(15)18-7-2-3-8-21-18)19(26)23-9-5-10-24(12-11-23)20(27)17-6-4-13-28-17/h2-4,6-8,13-14H,5,9-12H2,1H3. The van der Waals surface area contributed by atoms with E-state index in [1.54, 1.807) is 39.0 Å². The first-order valence-electron chi connectivity index (χ1n) is 9.23. The second-order valence-corrected chi connectivity index (χ2v) is 6.66. The first-order valence-corrected chi connectivity index (χ1v) is 9.23. The van der Waals surface area contributed by atoms with E-state index in [4.69, 9.17) is 4.42 Å². The number of hydrogen-bond donors (Lipinski definition) is 0. The van der Waals surface area contributed by atoms with Gasteiger partial charge in [0.2, 0.25) is 0 Å². The summed E-state index contributed by atoms with van der Waals surface area (Å²) in [7, 11) is 0. The molecule has 28 heavy (non-hydrogen) atoms. The van der Waals surface area contributed by atoms with Gasteiger partial charge in [-0.1, -0.05) is 6.07 Å². The van der Waals surface area contributed by atoms with Crippen molar-refractivity contribution in [2.45, 2.75) is 13.3 Å². The monoisotopic (exact) mass is 379 g/mol. The third-order valence-electron chi connectivity index (χ3n) is 4.91. The lowest BCUT2D eigenvalue weighted by molar-refractivity contribution is 0.0700. The number of aromatic nitrogens is 3. The lowest BCUT2D eigenvalue weighted by atomic mass is 10.2. The van der Waals surface area contributed by atoms with Crippen molar-refractivity contribution in [2.24, 2.45) is 0 Å². The summed E-state index contributed by atoms with van der Waals surface area (Å²) in [6, 6.07) is 8.92. The predicted octanol–water partition coefficient (Wildman–Crippen LogP) is 2.16. The van der Waals surface area contributed by atoms with Gasteiger partial charge in [-0.05, 0) is 37.6 Å². The zero-order valence-electron chi connectivity index (χ0n) is 15.6. The molecule has 0 N–H and O–H groups in total. The summed E-state index contributed by atoms with van der Waals surface area (Å²) >= 11 is 0. The molecule has 0 spiro atoms. The normalized spacial score (nSPS) is 14.8. The summed E-state index contributed by atoms with van der Waals surface area (Å²) < 4.78 is 6.87. The minimum atomic E-state index is -0.140.